The summed E-state index contributed by atoms with van der Waals surface area (Å²) in [7, 11) is 2.07. The van der Waals surface area contributed by atoms with Crippen molar-refractivity contribution in [1.82, 2.24) is 9.55 Å². The summed E-state index contributed by atoms with van der Waals surface area (Å²) in [6.45, 7) is 2.88. The number of imidazole rings is 1. The molecule has 0 radical (unpaired) electrons. The van der Waals surface area contributed by atoms with Gasteiger partial charge in [-0.1, -0.05) is 6.92 Å². The van der Waals surface area contributed by atoms with E-state index in [0.717, 1.165) is 31.6 Å². The number of hydrogen-bond donors (Lipinski definition) is 1. The average Bonchev–Trinajstić information content (AvgIpc) is 2.43. The number of nitrogens with zero attached hydrogens (tertiary/aromatic N) is 2. The van der Waals surface area contributed by atoms with Gasteiger partial charge in [-0.3, -0.25) is 0 Å². The molecule has 3 heteroatoms. The maximum atomic E-state index is 5.44. The van der Waals surface area contributed by atoms with Crippen LogP contribution >= 0.6 is 0 Å². The van der Waals surface area contributed by atoms with Crippen molar-refractivity contribution < 1.29 is 0 Å². The largest absolute Gasteiger partial charge is 0.335 e. The molecule has 12 heavy (non-hydrogen) atoms. The molecule has 0 aromatic carbocycles. The highest BCUT2D eigenvalue weighted by Crippen LogP contribution is 2.05. The minimum Gasteiger partial charge on any atom is -0.335 e. The Hall–Kier alpha value is -0.830. The Labute approximate surface area is 73.6 Å². The fourth-order valence-electron chi connectivity index (χ4n) is 1.33. The summed E-state index contributed by atoms with van der Waals surface area (Å²) in [5.74, 6) is 1.15. The molecule has 68 valence electrons. The predicted molar refractivity (Wildman–Crippen MR) is 50.0 cm³/mol. The van der Waals surface area contributed by atoms with E-state index in [2.05, 4.69) is 23.5 Å². The van der Waals surface area contributed by atoms with Crippen LogP contribution in [0.15, 0.2) is 6.20 Å². The Morgan fingerprint density at radius 1 is 1.58 bits per heavy atom. The average molecular weight is 167 g/mol. The highest BCUT2D eigenvalue weighted by molar-refractivity contribution is 5.04. The van der Waals surface area contributed by atoms with Crippen LogP contribution in [0.1, 0.15) is 24.9 Å². The van der Waals surface area contributed by atoms with Gasteiger partial charge in [0, 0.05) is 25.4 Å². The first kappa shape index (κ1) is 9.26. The van der Waals surface area contributed by atoms with Gasteiger partial charge in [0.05, 0.1) is 0 Å². The van der Waals surface area contributed by atoms with E-state index in [1.54, 1.807) is 0 Å². The first-order valence-corrected chi connectivity index (χ1v) is 4.49. The molecular formula is C9H17N3. The lowest BCUT2D eigenvalue weighted by molar-refractivity contribution is 0.723. The molecule has 1 heterocycles. The van der Waals surface area contributed by atoms with Gasteiger partial charge < -0.3 is 10.3 Å². The van der Waals surface area contributed by atoms with Crippen molar-refractivity contribution in [2.45, 2.75) is 26.2 Å². The van der Waals surface area contributed by atoms with Gasteiger partial charge in [-0.2, -0.15) is 0 Å². The molecule has 0 amide bonds. The van der Waals surface area contributed by atoms with E-state index in [4.69, 9.17) is 5.73 Å². The van der Waals surface area contributed by atoms with E-state index < -0.39 is 0 Å². The Kier molecular flexibility index (Phi) is 3.29. The molecular weight excluding hydrogens is 150 g/mol. The van der Waals surface area contributed by atoms with Gasteiger partial charge in [0.2, 0.25) is 0 Å². The second-order valence-electron chi connectivity index (χ2n) is 2.97. The minimum atomic E-state index is 0.757. The standard InChI is InChI=1S/C9H17N3/c1-3-9-11-7-8(12(9)2)5-4-6-10/h7H,3-6,10H2,1-2H3. The van der Waals surface area contributed by atoms with E-state index in [1.165, 1.54) is 5.69 Å². The molecule has 0 saturated carbocycles. The Balaban J connectivity index is 2.66. The number of aryl methyl sites for hydroxylation is 2. The van der Waals surface area contributed by atoms with Crippen molar-refractivity contribution in [3.8, 4) is 0 Å². The highest BCUT2D eigenvalue weighted by atomic mass is 15.1. The van der Waals surface area contributed by atoms with E-state index in [1.807, 2.05) is 6.20 Å². The van der Waals surface area contributed by atoms with E-state index in [9.17, 15) is 0 Å². The van der Waals surface area contributed by atoms with Gasteiger partial charge in [0.25, 0.3) is 0 Å². The smallest absolute Gasteiger partial charge is 0.108 e. The normalized spacial score (nSPS) is 10.6. The monoisotopic (exact) mass is 167 g/mol. The van der Waals surface area contributed by atoms with E-state index >= 15 is 0 Å². The molecule has 1 rings (SSSR count). The van der Waals surface area contributed by atoms with Crippen LogP contribution in [0.25, 0.3) is 0 Å². The summed E-state index contributed by atoms with van der Waals surface area (Å²) in [6.07, 6.45) is 5.04. The van der Waals surface area contributed by atoms with Crippen molar-refractivity contribution in [1.29, 1.82) is 0 Å². The lowest BCUT2D eigenvalue weighted by atomic mass is 10.2. The zero-order chi connectivity index (χ0) is 8.97. The molecule has 1 aromatic rings. The van der Waals surface area contributed by atoms with E-state index in [-0.39, 0.29) is 0 Å². The summed E-state index contributed by atoms with van der Waals surface area (Å²) in [5.41, 5.74) is 6.73. The van der Waals surface area contributed by atoms with Gasteiger partial charge in [-0.25, -0.2) is 4.98 Å². The first-order chi connectivity index (χ1) is 5.79. The summed E-state index contributed by atoms with van der Waals surface area (Å²) >= 11 is 0. The predicted octanol–water partition coefficient (Wildman–Crippen LogP) is 0.874. The molecule has 0 bridgehead atoms. The Morgan fingerprint density at radius 3 is 2.83 bits per heavy atom. The van der Waals surface area contributed by atoms with Crippen LogP contribution in [0, 0.1) is 0 Å². The zero-order valence-electron chi connectivity index (χ0n) is 7.88. The first-order valence-electron chi connectivity index (χ1n) is 4.49. The van der Waals surface area contributed by atoms with Crippen LogP contribution in [0.3, 0.4) is 0 Å². The minimum absolute atomic E-state index is 0.757. The molecule has 1 aromatic heterocycles. The summed E-state index contributed by atoms with van der Waals surface area (Å²) in [4.78, 5) is 4.31. The Morgan fingerprint density at radius 2 is 2.33 bits per heavy atom. The number of nitrogens with two attached hydrogens (primary N) is 1. The number of rotatable bonds is 4. The molecule has 0 atom stereocenters. The maximum Gasteiger partial charge on any atom is 0.108 e. The molecule has 0 aliphatic rings. The Bertz CT molecular complexity index is 240. The van der Waals surface area contributed by atoms with Crippen molar-refractivity contribution in [3.63, 3.8) is 0 Å². The van der Waals surface area contributed by atoms with Crippen LogP contribution in [-0.2, 0) is 19.9 Å². The van der Waals surface area contributed by atoms with Crippen LogP contribution in [0.2, 0.25) is 0 Å². The molecule has 0 fully saturated rings. The van der Waals surface area contributed by atoms with E-state index in [0.29, 0.717) is 0 Å². The number of hydrogen-bond acceptors (Lipinski definition) is 2. The second kappa shape index (κ2) is 4.26. The third-order valence-electron chi connectivity index (χ3n) is 2.13. The van der Waals surface area contributed by atoms with Crippen molar-refractivity contribution in [2.75, 3.05) is 6.54 Å². The SMILES string of the molecule is CCc1ncc(CCCN)n1C. The maximum absolute atomic E-state index is 5.44. The van der Waals surface area contributed by atoms with Crippen LogP contribution in [-0.4, -0.2) is 16.1 Å². The summed E-state index contributed by atoms with van der Waals surface area (Å²) in [5, 5.41) is 0. The lowest BCUT2D eigenvalue weighted by Crippen LogP contribution is -2.05. The number of aromatic nitrogens is 2. The van der Waals surface area contributed by atoms with Crippen LogP contribution in [0.4, 0.5) is 0 Å². The van der Waals surface area contributed by atoms with Crippen LogP contribution < -0.4 is 5.73 Å². The quantitative estimate of drug-likeness (QED) is 0.723. The second-order valence-corrected chi connectivity index (χ2v) is 2.97. The van der Waals surface area contributed by atoms with Gasteiger partial charge in [-0.15, -0.1) is 0 Å². The molecule has 3 nitrogen and oxygen atoms in total. The fourth-order valence-corrected chi connectivity index (χ4v) is 1.33. The summed E-state index contributed by atoms with van der Waals surface area (Å²) < 4.78 is 2.16. The van der Waals surface area contributed by atoms with Gasteiger partial charge in [0.15, 0.2) is 0 Å². The third kappa shape index (κ3) is 1.85. The third-order valence-corrected chi connectivity index (χ3v) is 2.13. The molecule has 0 spiro atoms. The highest BCUT2D eigenvalue weighted by Gasteiger charge is 2.02. The molecule has 0 aliphatic heterocycles. The van der Waals surface area contributed by atoms with Gasteiger partial charge in [0.1, 0.15) is 5.82 Å². The van der Waals surface area contributed by atoms with Crippen molar-refractivity contribution in [3.05, 3.63) is 17.7 Å². The topological polar surface area (TPSA) is 43.8 Å². The zero-order valence-corrected chi connectivity index (χ0v) is 7.88. The van der Waals surface area contributed by atoms with Gasteiger partial charge in [-0.05, 0) is 19.4 Å². The van der Waals surface area contributed by atoms with Crippen molar-refractivity contribution in [2.24, 2.45) is 12.8 Å². The van der Waals surface area contributed by atoms with Gasteiger partial charge >= 0.3 is 0 Å². The van der Waals surface area contributed by atoms with Crippen LogP contribution in [0.5, 0.6) is 0 Å². The molecule has 0 saturated heterocycles. The molecule has 0 aliphatic carbocycles. The molecule has 2 N–H and O–H groups in total. The fraction of sp³-hybridized carbons (Fsp3) is 0.667. The van der Waals surface area contributed by atoms with Crippen molar-refractivity contribution >= 4 is 0 Å². The summed E-state index contributed by atoms with van der Waals surface area (Å²) in [6, 6.07) is 0. The molecule has 0 unspecified atom stereocenters. The lowest BCUT2D eigenvalue weighted by Gasteiger charge is -2.02.